The van der Waals surface area contributed by atoms with Gasteiger partial charge in [0.15, 0.2) is 0 Å². The Morgan fingerprint density at radius 3 is 2.64 bits per heavy atom. The molecule has 4 nitrogen and oxygen atoms in total. The van der Waals surface area contributed by atoms with Gasteiger partial charge in [-0.25, -0.2) is 0 Å². The number of carbonyl (C=O) groups excluding carboxylic acids is 2. The van der Waals surface area contributed by atoms with Crippen molar-refractivity contribution in [2.45, 2.75) is 38.0 Å². The highest BCUT2D eigenvalue weighted by Crippen LogP contribution is 2.41. The van der Waals surface area contributed by atoms with Gasteiger partial charge in [-0.2, -0.15) is 11.3 Å². The van der Waals surface area contributed by atoms with Crippen molar-refractivity contribution in [2.24, 2.45) is 0 Å². The van der Waals surface area contributed by atoms with Crippen LogP contribution in [0.5, 0.6) is 0 Å². The Balaban J connectivity index is 1.63. The van der Waals surface area contributed by atoms with Crippen LogP contribution in [0.3, 0.4) is 0 Å². The van der Waals surface area contributed by atoms with Crippen LogP contribution in [-0.4, -0.2) is 18.4 Å². The van der Waals surface area contributed by atoms with Gasteiger partial charge in [-0.15, -0.1) is 0 Å². The molecule has 6 heteroatoms. The van der Waals surface area contributed by atoms with Crippen LogP contribution in [0.25, 0.3) is 0 Å². The lowest BCUT2D eigenvalue weighted by molar-refractivity contribution is -0.136. The van der Waals surface area contributed by atoms with E-state index in [0.29, 0.717) is 17.3 Å². The Morgan fingerprint density at radius 1 is 1.20 bits per heavy atom. The first-order valence-corrected chi connectivity index (χ1v) is 9.70. The quantitative estimate of drug-likeness (QED) is 0.782. The van der Waals surface area contributed by atoms with Crippen molar-refractivity contribution >= 4 is 40.4 Å². The molecule has 0 unspecified atom stereocenters. The third-order valence-corrected chi connectivity index (χ3v) is 5.85. The summed E-state index contributed by atoms with van der Waals surface area (Å²) in [5.74, 6) is -1.27. The van der Waals surface area contributed by atoms with Gasteiger partial charge in [0.1, 0.15) is 0 Å². The van der Waals surface area contributed by atoms with E-state index in [2.05, 4.69) is 27.5 Å². The van der Waals surface area contributed by atoms with Gasteiger partial charge in [0.2, 0.25) is 0 Å². The van der Waals surface area contributed by atoms with Gasteiger partial charge < -0.3 is 10.6 Å². The van der Waals surface area contributed by atoms with E-state index >= 15 is 0 Å². The first kappa shape index (κ1) is 18.0. The van der Waals surface area contributed by atoms with Crippen LogP contribution in [0, 0.1) is 6.92 Å². The molecule has 132 valence electrons. The van der Waals surface area contributed by atoms with E-state index in [0.717, 1.165) is 31.2 Å². The zero-order chi connectivity index (χ0) is 17.9. The minimum absolute atomic E-state index is 0.0398. The summed E-state index contributed by atoms with van der Waals surface area (Å²) in [6.45, 7) is 2.35. The molecule has 1 aliphatic carbocycles. The Kier molecular flexibility index (Phi) is 5.45. The summed E-state index contributed by atoms with van der Waals surface area (Å²) in [6.07, 6.45) is 4.39. The van der Waals surface area contributed by atoms with Crippen LogP contribution >= 0.6 is 22.9 Å². The first-order valence-electron chi connectivity index (χ1n) is 8.38. The molecule has 0 bridgehead atoms. The Labute approximate surface area is 156 Å². The Bertz CT molecular complexity index is 768. The highest BCUT2D eigenvalue weighted by molar-refractivity contribution is 7.08. The third-order valence-electron chi connectivity index (χ3n) is 4.94. The second kappa shape index (κ2) is 7.58. The average molecular weight is 377 g/mol. The number of hydrogen-bond donors (Lipinski definition) is 2. The van der Waals surface area contributed by atoms with E-state index in [1.807, 2.05) is 6.92 Å². The van der Waals surface area contributed by atoms with Crippen molar-refractivity contribution in [3.05, 3.63) is 51.2 Å². The number of nitrogens with one attached hydrogen (secondary N) is 2. The molecule has 1 aromatic heterocycles. The van der Waals surface area contributed by atoms with Crippen molar-refractivity contribution in [1.29, 1.82) is 0 Å². The van der Waals surface area contributed by atoms with Gasteiger partial charge in [0.25, 0.3) is 0 Å². The SMILES string of the molecule is Cc1ccc(Cl)cc1NC(=O)C(=O)NCC1(c2ccsc2)CCCC1. The molecule has 0 saturated heterocycles. The lowest BCUT2D eigenvalue weighted by Crippen LogP contribution is -2.43. The summed E-state index contributed by atoms with van der Waals surface area (Å²) in [7, 11) is 0. The molecule has 0 radical (unpaired) electrons. The van der Waals surface area contributed by atoms with Crippen LogP contribution in [-0.2, 0) is 15.0 Å². The van der Waals surface area contributed by atoms with Crippen molar-refractivity contribution in [2.75, 3.05) is 11.9 Å². The van der Waals surface area contributed by atoms with E-state index in [1.165, 1.54) is 5.56 Å². The maximum absolute atomic E-state index is 12.3. The van der Waals surface area contributed by atoms with Crippen LogP contribution in [0.15, 0.2) is 35.0 Å². The molecule has 1 aliphatic rings. The standard InChI is InChI=1S/C19H21ClN2O2S/c1-13-4-5-15(20)10-16(13)22-18(24)17(23)21-12-19(7-2-3-8-19)14-6-9-25-11-14/h4-6,9-11H,2-3,7-8,12H2,1H3,(H,21,23)(H,22,24). The smallest absolute Gasteiger partial charge is 0.313 e. The van der Waals surface area contributed by atoms with Crippen LogP contribution in [0.2, 0.25) is 5.02 Å². The Hall–Kier alpha value is -1.85. The summed E-state index contributed by atoms with van der Waals surface area (Å²) >= 11 is 7.62. The first-order chi connectivity index (χ1) is 12.0. The topological polar surface area (TPSA) is 58.2 Å². The molecule has 0 aliphatic heterocycles. The maximum Gasteiger partial charge on any atom is 0.313 e. The summed E-state index contributed by atoms with van der Waals surface area (Å²) in [5, 5.41) is 10.2. The molecule has 0 spiro atoms. The molecule has 1 aromatic carbocycles. The number of benzene rings is 1. The summed E-state index contributed by atoms with van der Waals surface area (Å²) in [5.41, 5.74) is 2.64. The zero-order valence-corrected chi connectivity index (χ0v) is 15.7. The molecular formula is C19H21ClN2O2S. The number of carbonyl (C=O) groups is 2. The molecular weight excluding hydrogens is 356 g/mol. The van der Waals surface area contributed by atoms with Crippen LogP contribution in [0.4, 0.5) is 5.69 Å². The number of amides is 2. The van der Waals surface area contributed by atoms with Crippen molar-refractivity contribution < 1.29 is 9.59 Å². The lowest BCUT2D eigenvalue weighted by Gasteiger charge is -2.28. The monoisotopic (exact) mass is 376 g/mol. The Morgan fingerprint density at radius 2 is 1.96 bits per heavy atom. The third kappa shape index (κ3) is 4.05. The number of thiophene rings is 1. The van der Waals surface area contributed by atoms with E-state index in [4.69, 9.17) is 11.6 Å². The number of anilines is 1. The van der Waals surface area contributed by atoms with Crippen molar-refractivity contribution in [3.8, 4) is 0 Å². The van der Waals surface area contributed by atoms with E-state index < -0.39 is 11.8 Å². The highest BCUT2D eigenvalue weighted by atomic mass is 35.5. The normalized spacial score (nSPS) is 15.8. The number of aryl methyl sites for hydroxylation is 1. The number of hydrogen-bond acceptors (Lipinski definition) is 3. The van der Waals surface area contributed by atoms with Gasteiger partial charge in [-0.1, -0.05) is 30.5 Å². The minimum atomic E-state index is -0.663. The van der Waals surface area contributed by atoms with Gasteiger partial charge in [0, 0.05) is 22.7 Å². The molecule has 1 fully saturated rings. The van der Waals surface area contributed by atoms with Crippen molar-refractivity contribution in [1.82, 2.24) is 5.32 Å². The largest absolute Gasteiger partial charge is 0.347 e. The van der Waals surface area contributed by atoms with Crippen LogP contribution in [0.1, 0.15) is 36.8 Å². The fraction of sp³-hybridized carbons (Fsp3) is 0.368. The molecule has 2 amide bonds. The van der Waals surface area contributed by atoms with Gasteiger partial charge in [-0.3, -0.25) is 9.59 Å². The van der Waals surface area contributed by atoms with E-state index in [-0.39, 0.29) is 5.41 Å². The highest BCUT2D eigenvalue weighted by Gasteiger charge is 2.36. The lowest BCUT2D eigenvalue weighted by atomic mass is 9.80. The molecule has 2 aromatic rings. The van der Waals surface area contributed by atoms with E-state index in [1.54, 1.807) is 29.5 Å². The fourth-order valence-corrected chi connectivity index (χ4v) is 4.37. The van der Waals surface area contributed by atoms with Gasteiger partial charge in [-0.05, 0) is 59.9 Å². The van der Waals surface area contributed by atoms with Crippen molar-refractivity contribution in [3.63, 3.8) is 0 Å². The molecule has 2 N–H and O–H groups in total. The minimum Gasteiger partial charge on any atom is -0.347 e. The summed E-state index contributed by atoms with van der Waals surface area (Å²) in [4.78, 5) is 24.5. The maximum atomic E-state index is 12.3. The molecule has 1 heterocycles. The summed E-state index contributed by atoms with van der Waals surface area (Å²) in [6, 6.07) is 7.32. The fourth-order valence-electron chi connectivity index (χ4n) is 3.42. The molecule has 25 heavy (non-hydrogen) atoms. The van der Waals surface area contributed by atoms with Gasteiger partial charge in [0.05, 0.1) is 0 Å². The number of rotatable bonds is 4. The average Bonchev–Trinajstić information content (AvgIpc) is 3.27. The summed E-state index contributed by atoms with van der Waals surface area (Å²) < 4.78 is 0. The van der Waals surface area contributed by atoms with Crippen LogP contribution < -0.4 is 10.6 Å². The van der Waals surface area contributed by atoms with E-state index in [9.17, 15) is 9.59 Å². The predicted molar refractivity (Wildman–Crippen MR) is 102 cm³/mol. The molecule has 0 atom stereocenters. The zero-order valence-electron chi connectivity index (χ0n) is 14.1. The predicted octanol–water partition coefficient (Wildman–Crippen LogP) is 4.28. The second-order valence-corrected chi connectivity index (χ2v) is 7.81. The molecule has 1 saturated carbocycles. The second-order valence-electron chi connectivity index (χ2n) is 6.60. The van der Waals surface area contributed by atoms with Gasteiger partial charge >= 0.3 is 11.8 Å². The number of halogens is 1. The molecule has 3 rings (SSSR count).